The highest BCUT2D eigenvalue weighted by Gasteiger charge is 2.71. The molecule has 1 aromatic carbocycles. The van der Waals surface area contributed by atoms with E-state index in [1.165, 1.54) is 31.3 Å². The lowest BCUT2D eigenvalue weighted by Crippen LogP contribution is -2.67. The molecule has 0 saturated heterocycles. The van der Waals surface area contributed by atoms with Crippen molar-refractivity contribution in [2.75, 3.05) is 0 Å². The van der Waals surface area contributed by atoms with Crippen LogP contribution < -0.4 is 5.32 Å². The topological polar surface area (TPSA) is 92.7 Å². The van der Waals surface area contributed by atoms with Crippen LogP contribution in [0.1, 0.15) is 157 Å². The van der Waals surface area contributed by atoms with Crippen molar-refractivity contribution in [3.05, 3.63) is 48.0 Å². The second-order valence-electron chi connectivity index (χ2n) is 20.7. The molecule has 0 heterocycles. The Morgan fingerprint density at radius 3 is 2.23 bits per heavy atom. The van der Waals surface area contributed by atoms with E-state index in [1.54, 1.807) is 0 Å². The third kappa shape index (κ3) is 6.48. The Labute approximate surface area is 314 Å². The lowest BCUT2D eigenvalue weighted by molar-refractivity contribution is -0.250. The number of nitrogens with one attached hydrogen (secondary N) is 1. The van der Waals surface area contributed by atoms with E-state index >= 15 is 0 Å². The molecule has 0 bridgehead atoms. The zero-order valence-electron chi connectivity index (χ0n) is 33.9. The number of esters is 1. The second kappa shape index (κ2) is 13.6. The zero-order chi connectivity index (χ0) is 38.1. The maximum atomic E-state index is 13.9. The summed E-state index contributed by atoms with van der Waals surface area (Å²) in [6, 6.07) is 10.3. The van der Waals surface area contributed by atoms with Gasteiger partial charge in [-0.25, -0.2) is 0 Å². The van der Waals surface area contributed by atoms with Gasteiger partial charge in [-0.3, -0.25) is 14.4 Å². The highest BCUT2D eigenvalue weighted by atomic mass is 16.5. The molecule has 2 N–H and O–H groups in total. The van der Waals surface area contributed by atoms with Crippen molar-refractivity contribution in [3.8, 4) is 0 Å². The number of carboxylic acid groups (broad SMARTS) is 1. The normalized spacial score (nSPS) is 39.9. The third-order valence-electron chi connectivity index (χ3n) is 16.9. The molecule has 5 aliphatic rings. The minimum absolute atomic E-state index is 0.00679. The molecule has 11 atom stereocenters. The smallest absolute Gasteiger partial charge is 0.306 e. The number of carboxylic acids is 1. The predicted molar refractivity (Wildman–Crippen MR) is 207 cm³/mol. The molecule has 6 rings (SSSR count). The number of amides is 1. The number of carbonyl (C=O) groups is 3. The van der Waals surface area contributed by atoms with Crippen molar-refractivity contribution in [3.63, 3.8) is 0 Å². The van der Waals surface area contributed by atoms with E-state index in [9.17, 15) is 19.5 Å². The van der Waals surface area contributed by atoms with Gasteiger partial charge in [-0.1, -0.05) is 91.0 Å². The predicted octanol–water partition coefficient (Wildman–Crippen LogP) is 10.7. The van der Waals surface area contributed by atoms with E-state index in [1.807, 2.05) is 32.0 Å². The number of aliphatic carboxylic acids is 1. The number of fused-ring (bicyclic) bond motifs is 7. The molecule has 6 heteroatoms. The van der Waals surface area contributed by atoms with E-state index in [2.05, 4.69) is 72.5 Å². The first-order valence-corrected chi connectivity index (χ1v) is 20.6. The molecular formula is C46H69NO5. The minimum atomic E-state index is -0.883. The van der Waals surface area contributed by atoms with Crippen molar-refractivity contribution in [2.24, 2.45) is 62.1 Å². The molecule has 6 nitrogen and oxygen atoms in total. The van der Waals surface area contributed by atoms with Crippen LogP contribution in [0.3, 0.4) is 0 Å². The summed E-state index contributed by atoms with van der Waals surface area (Å²) < 4.78 is 6.29. The minimum Gasteiger partial charge on any atom is -0.481 e. The average Bonchev–Trinajstić information content (AvgIpc) is 3.41. The molecule has 0 unspecified atom stereocenters. The molecule has 1 aromatic rings. The maximum absolute atomic E-state index is 13.9. The van der Waals surface area contributed by atoms with E-state index in [0.29, 0.717) is 36.0 Å². The van der Waals surface area contributed by atoms with Crippen LogP contribution in [-0.2, 0) is 19.1 Å². The fraction of sp³-hybridized carbons (Fsp3) is 0.761. The van der Waals surface area contributed by atoms with Crippen molar-refractivity contribution in [1.29, 1.82) is 0 Å². The first-order chi connectivity index (χ1) is 24.2. The zero-order valence-corrected chi connectivity index (χ0v) is 33.9. The Morgan fingerprint density at radius 2 is 1.58 bits per heavy atom. The monoisotopic (exact) mass is 716 g/mol. The molecule has 5 fully saturated rings. The second-order valence-corrected chi connectivity index (χ2v) is 20.7. The van der Waals surface area contributed by atoms with Gasteiger partial charge in [0.25, 0.3) is 0 Å². The fourth-order valence-corrected chi connectivity index (χ4v) is 14.3. The molecule has 0 aromatic heterocycles. The molecule has 52 heavy (non-hydrogen) atoms. The number of carbonyl (C=O) groups excluding carboxylic acids is 2. The molecule has 1 amide bonds. The van der Waals surface area contributed by atoms with Gasteiger partial charge in [0.2, 0.25) is 5.91 Å². The van der Waals surface area contributed by atoms with Gasteiger partial charge in [0.15, 0.2) is 0 Å². The maximum Gasteiger partial charge on any atom is 0.306 e. The standard InChI is InChI=1S/C46H69NO5/c1-29(2)32-18-23-46(26-37(48)47-30(3)31-14-12-11-13-15-31)25-24-44(9)33(40(32)46)16-17-35-43(8)21-20-36(42(6,7)34(43)19-22-45(35,44)10)52-39(51)28-41(4,5)27-38(49)50/h11-15,30,32-36,40H,1,16-28H2,2-10H3,(H,47,48)(H,49,50)/t30-,32+,33-,34+,35-,36+,40-,43+,44-,45-,46-/m1/s1. The SMILES string of the molecule is C=C(C)[C@@H]1CC[C@]2(CC(=O)N[C@H](C)c3ccccc3)CC[C@]3(C)[C@H](CC[C@@H]4[C@@]5(C)CC[C@H](OC(=O)CC(C)(C)CC(=O)O)C(C)(C)[C@@H]5CC[C@]43C)[C@@H]12. The van der Waals surface area contributed by atoms with Gasteiger partial charge >= 0.3 is 11.9 Å². The van der Waals surface area contributed by atoms with E-state index in [4.69, 9.17) is 4.74 Å². The lowest BCUT2D eigenvalue weighted by atomic mass is 9.32. The van der Waals surface area contributed by atoms with Gasteiger partial charge in [-0.15, -0.1) is 0 Å². The van der Waals surface area contributed by atoms with Crippen molar-refractivity contribution < 1.29 is 24.2 Å². The molecule has 5 aliphatic carbocycles. The van der Waals surface area contributed by atoms with Crippen LogP contribution in [0.15, 0.2) is 42.5 Å². The highest BCUT2D eigenvalue weighted by molar-refractivity contribution is 5.77. The summed E-state index contributed by atoms with van der Waals surface area (Å²) in [7, 11) is 0. The van der Waals surface area contributed by atoms with E-state index < -0.39 is 11.4 Å². The Hall–Kier alpha value is -2.63. The fourth-order valence-electron chi connectivity index (χ4n) is 14.3. The van der Waals surface area contributed by atoms with Gasteiger partial charge in [0.1, 0.15) is 6.10 Å². The van der Waals surface area contributed by atoms with Gasteiger partial charge in [0.05, 0.1) is 18.9 Å². The van der Waals surface area contributed by atoms with Crippen LogP contribution in [0.25, 0.3) is 0 Å². The summed E-state index contributed by atoms with van der Waals surface area (Å²) in [5.74, 6) is 1.63. The van der Waals surface area contributed by atoms with E-state index in [-0.39, 0.29) is 63.9 Å². The van der Waals surface area contributed by atoms with Crippen LogP contribution in [0.4, 0.5) is 0 Å². The van der Waals surface area contributed by atoms with Gasteiger partial charge in [0, 0.05) is 11.8 Å². The lowest BCUT2D eigenvalue weighted by Gasteiger charge is -2.73. The number of ether oxygens (including phenoxy) is 1. The first kappa shape index (κ1) is 39.1. The van der Waals surface area contributed by atoms with Gasteiger partial charge in [-0.05, 0) is 140 Å². The number of allylic oxidation sites excluding steroid dienone is 1. The number of rotatable bonds is 10. The summed E-state index contributed by atoms with van der Waals surface area (Å²) in [4.78, 5) is 38.6. The molecule has 0 aliphatic heterocycles. The largest absolute Gasteiger partial charge is 0.481 e. The summed E-state index contributed by atoms with van der Waals surface area (Å²) in [6.45, 7) is 25.1. The van der Waals surface area contributed by atoms with E-state index in [0.717, 1.165) is 44.1 Å². The molecular weight excluding hydrogens is 647 g/mol. The van der Waals surface area contributed by atoms with Crippen LogP contribution >= 0.6 is 0 Å². The van der Waals surface area contributed by atoms with Crippen LogP contribution in [0, 0.1) is 62.1 Å². The Bertz CT molecular complexity index is 1550. The summed E-state index contributed by atoms with van der Waals surface area (Å²) >= 11 is 0. The Kier molecular flexibility index (Phi) is 10.2. The third-order valence-corrected chi connectivity index (χ3v) is 16.9. The summed E-state index contributed by atoms with van der Waals surface area (Å²) in [5, 5.41) is 12.7. The molecule has 5 saturated carbocycles. The quantitative estimate of drug-likeness (QED) is 0.186. The van der Waals surface area contributed by atoms with Crippen LogP contribution in [0.5, 0.6) is 0 Å². The highest BCUT2D eigenvalue weighted by Crippen LogP contribution is 2.78. The van der Waals surface area contributed by atoms with Crippen molar-refractivity contribution in [1.82, 2.24) is 5.32 Å². The van der Waals surface area contributed by atoms with Gasteiger partial charge < -0.3 is 15.2 Å². The average molecular weight is 716 g/mol. The Morgan fingerprint density at radius 1 is 0.885 bits per heavy atom. The number of benzene rings is 1. The van der Waals surface area contributed by atoms with Crippen LogP contribution in [-0.4, -0.2) is 29.1 Å². The summed E-state index contributed by atoms with van der Waals surface area (Å²) in [6.07, 6.45) is 11.8. The molecule has 288 valence electrons. The van der Waals surface area contributed by atoms with Crippen molar-refractivity contribution in [2.45, 2.75) is 158 Å². The van der Waals surface area contributed by atoms with Crippen molar-refractivity contribution >= 4 is 17.8 Å². The molecule has 0 spiro atoms. The number of hydrogen-bond acceptors (Lipinski definition) is 4. The van der Waals surface area contributed by atoms with Gasteiger partial charge in [-0.2, -0.15) is 0 Å². The summed E-state index contributed by atoms with van der Waals surface area (Å²) in [5.41, 5.74) is 2.22. The van der Waals surface area contributed by atoms with Crippen LogP contribution in [0.2, 0.25) is 0 Å². The number of hydrogen-bond donors (Lipinski definition) is 2. The first-order valence-electron chi connectivity index (χ1n) is 20.6. The Balaban J connectivity index is 1.22. The molecule has 0 radical (unpaired) electrons.